The van der Waals surface area contributed by atoms with E-state index in [9.17, 15) is 14.7 Å². The molecule has 9 nitrogen and oxygen atoms in total. The molecule has 11 heteroatoms. The van der Waals surface area contributed by atoms with Crippen molar-refractivity contribution >= 4 is 42.3 Å². The molecule has 0 saturated heterocycles. The molecule has 218 valence electrons. The molecule has 2 heterocycles. The van der Waals surface area contributed by atoms with Crippen LogP contribution in [0.25, 0.3) is 11.3 Å². The minimum absolute atomic E-state index is 0.0226. The predicted octanol–water partition coefficient (Wildman–Crippen LogP) is 4.78. The monoisotopic (exact) mass is 582 g/mol. The Bertz CT molecular complexity index is 1340. The van der Waals surface area contributed by atoms with Gasteiger partial charge in [0.25, 0.3) is 0 Å². The van der Waals surface area contributed by atoms with Crippen molar-refractivity contribution in [1.29, 1.82) is 0 Å². The van der Waals surface area contributed by atoms with E-state index in [-0.39, 0.29) is 39.9 Å². The molecule has 3 unspecified atom stereocenters. The quantitative estimate of drug-likeness (QED) is 0.153. The van der Waals surface area contributed by atoms with Crippen LogP contribution in [0.5, 0.6) is 5.75 Å². The zero-order valence-electron chi connectivity index (χ0n) is 23.7. The van der Waals surface area contributed by atoms with Crippen LogP contribution in [0, 0.1) is 5.82 Å². The van der Waals surface area contributed by atoms with Crippen LogP contribution < -0.4 is 10.2 Å². The third kappa shape index (κ3) is 6.82. The number of phenols is 1. The molecular weight excluding hydrogens is 547 g/mol. The van der Waals surface area contributed by atoms with Gasteiger partial charge in [-0.1, -0.05) is 30.7 Å². The maximum atomic E-state index is 15.0. The first kappa shape index (κ1) is 31.5. The molecule has 3 rings (SSSR count). The molecule has 1 aromatic heterocycles. The van der Waals surface area contributed by atoms with Crippen LogP contribution >= 0.6 is 11.6 Å². The lowest BCUT2D eigenvalue weighted by molar-refractivity contribution is -0.110. The molecule has 0 fully saturated rings. The third-order valence-corrected chi connectivity index (χ3v) is 7.32. The van der Waals surface area contributed by atoms with Crippen LogP contribution in [0.1, 0.15) is 39.2 Å². The number of phenolic OH excluding ortho intramolecular Hbond substituents is 1. The number of hydrogen-bond donors (Lipinski definition) is 2. The maximum Gasteiger partial charge on any atom is 0.215 e. The highest BCUT2D eigenvalue weighted by Crippen LogP contribution is 2.39. The molecule has 1 aliphatic heterocycles. The van der Waals surface area contributed by atoms with E-state index in [1.165, 1.54) is 23.1 Å². The number of carbonyl (C=O) groups is 2. The summed E-state index contributed by atoms with van der Waals surface area (Å²) in [7, 11) is 1.61. The van der Waals surface area contributed by atoms with Gasteiger partial charge in [0.05, 0.1) is 33.9 Å². The Kier molecular flexibility index (Phi) is 11.2. The molecule has 41 heavy (non-hydrogen) atoms. The van der Waals surface area contributed by atoms with Gasteiger partial charge in [0.2, 0.25) is 12.8 Å². The molecule has 2 N–H and O–H groups in total. The number of dihydropyridines is 1. The number of aromatic hydroxyl groups is 1. The average Bonchev–Trinajstić information content (AvgIpc) is 2.96. The van der Waals surface area contributed by atoms with Crippen molar-refractivity contribution in [3.05, 3.63) is 65.0 Å². The smallest absolute Gasteiger partial charge is 0.215 e. The summed E-state index contributed by atoms with van der Waals surface area (Å²) in [4.78, 5) is 41.3. The number of hydrogen-bond acceptors (Lipinski definition) is 6. The van der Waals surface area contributed by atoms with Crippen molar-refractivity contribution in [2.75, 3.05) is 25.0 Å². The molecule has 0 aliphatic carbocycles. The maximum absolute atomic E-state index is 15.0. The standard InChI is InChI=1S/C30H36ClFN6O3/c1-6-8-14-37(20(4)16-34-17-39)29(33-5)21-15-22(31)27(26-23(32)10-9-11-25(26)41)36-30(21)38(18-40)28-19(3)12-13-35-24(28)7-2/h6,9-13,15,17-18,20,24,28,41H,1,7-8,14,16H2,2-5H3,(H,34,39)/b33-29+. The van der Waals surface area contributed by atoms with E-state index in [0.717, 1.165) is 5.57 Å². The lowest BCUT2D eigenvalue weighted by atomic mass is 9.94. The van der Waals surface area contributed by atoms with Crippen LogP contribution in [0.2, 0.25) is 5.02 Å². The zero-order valence-corrected chi connectivity index (χ0v) is 24.5. The highest BCUT2D eigenvalue weighted by atomic mass is 35.5. The molecule has 2 aromatic rings. The first-order valence-corrected chi connectivity index (χ1v) is 13.7. The minimum atomic E-state index is -0.717. The van der Waals surface area contributed by atoms with Gasteiger partial charge < -0.3 is 15.3 Å². The number of halogens is 2. The van der Waals surface area contributed by atoms with Gasteiger partial charge in [0.15, 0.2) is 0 Å². The Hall–Kier alpha value is -4.05. The van der Waals surface area contributed by atoms with E-state index in [1.54, 1.807) is 25.4 Å². The second-order valence-corrected chi connectivity index (χ2v) is 10.1. The van der Waals surface area contributed by atoms with Gasteiger partial charge in [0.1, 0.15) is 23.2 Å². The molecular formula is C30H36ClFN6O3. The van der Waals surface area contributed by atoms with Crippen LogP contribution in [0.15, 0.2) is 58.6 Å². The highest BCUT2D eigenvalue weighted by molar-refractivity contribution is 6.33. The number of anilines is 1. The largest absolute Gasteiger partial charge is 0.507 e. The molecule has 2 amide bonds. The molecule has 0 spiro atoms. The Balaban J connectivity index is 2.34. The fourth-order valence-electron chi connectivity index (χ4n) is 5.00. The van der Waals surface area contributed by atoms with E-state index in [4.69, 9.17) is 16.6 Å². The van der Waals surface area contributed by atoms with Gasteiger partial charge in [0, 0.05) is 32.4 Å². The fraction of sp³-hybridized carbons (Fsp3) is 0.367. The van der Waals surface area contributed by atoms with Crippen LogP contribution in [0.3, 0.4) is 0 Å². The van der Waals surface area contributed by atoms with Gasteiger partial charge in [-0.15, -0.1) is 6.58 Å². The van der Waals surface area contributed by atoms with Crippen LogP contribution in [-0.2, 0) is 9.59 Å². The van der Waals surface area contributed by atoms with Gasteiger partial charge in [-0.3, -0.25) is 24.5 Å². The van der Waals surface area contributed by atoms with Crippen LogP contribution in [-0.4, -0.2) is 78.1 Å². The topological polar surface area (TPSA) is 110 Å². The third-order valence-electron chi connectivity index (χ3n) is 7.03. The number of benzene rings is 1. The second-order valence-electron chi connectivity index (χ2n) is 9.66. The number of rotatable bonds is 13. The van der Waals surface area contributed by atoms with Gasteiger partial charge >= 0.3 is 0 Å². The highest BCUT2D eigenvalue weighted by Gasteiger charge is 2.34. The number of amidine groups is 1. The number of nitrogens with zero attached hydrogens (tertiary/aromatic N) is 5. The summed E-state index contributed by atoms with van der Waals surface area (Å²) in [5, 5.41) is 13.3. The van der Waals surface area contributed by atoms with E-state index in [2.05, 4.69) is 21.9 Å². The van der Waals surface area contributed by atoms with Gasteiger partial charge in [-0.05, 0) is 56.5 Å². The summed E-state index contributed by atoms with van der Waals surface area (Å²) in [6.07, 6.45) is 7.89. The SMILES string of the molecule is C=CCCN(/C(=N/C)c1cc(Cl)c(-c2c(O)cccc2F)nc1N(C=O)C1C(C)=CC=NC1CC)C(C)CNC=O. The Morgan fingerprint density at radius 1 is 1.37 bits per heavy atom. The summed E-state index contributed by atoms with van der Waals surface area (Å²) >= 11 is 6.74. The lowest BCUT2D eigenvalue weighted by Gasteiger charge is -2.37. The Labute approximate surface area is 245 Å². The zero-order chi connectivity index (χ0) is 30.1. The van der Waals surface area contributed by atoms with E-state index < -0.39 is 11.9 Å². The van der Waals surface area contributed by atoms with E-state index in [0.29, 0.717) is 50.2 Å². The summed E-state index contributed by atoms with van der Waals surface area (Å²) in [6, 6.07) is 4.55. The molecule has 1 aromatic carbocycles. The average molecular weight is 583 g/mol. The van der Waals surface area contributed by atoms with Crippen molar-refractivity contribution < 1.29 is 19.1 Å². The summed E-state index contributed by atoms with van der Waals surface area (Å²) in [5.74, 6) is -0.422. The number of carbonyl (C=O) groups excluding carboxylic acids is 2. The molecule has 0 bridgehead atoms. The summed E-state index contributed by atoms with van der Waals surface area (Å²) < 4.78 is 15.0. The van der Waals surface area contributed by atoms with Crippen LogP contribution in [0.4, 0.5) is 10.2 Å². The second kappa shape index (κ2) is 14.5. The number of nitrogens with one attached hydrogen (secondary N) is 1. The summed E-state index contributed by atoms with van der Waals surface area (Å²) in [6.45, 7) is 10.5. The first-order valence-electron chi connectivity index (χ1n) is 13.4. The van der Waals surface area contributed by atoms with Crippen molar-refractivity contribution in [3.63, 3.8) is 0 Å². The number of aliphatic imine (C=N–C) groups is 2. The lowest BCUT2D eigenvalue weighted by Crippen LogP contribution is -2.48. The normalized spacial score (nSPS) is 17.4. The van der Waals surface area contributed by atoms with Crippen molar-refractivity contribution in [1.82, 2.24) is 15.2 Å². The van der Waals surface area contributed by atoms with Crippen molar-refractivity contribution in [2.45, 2.75) is 51.7 Å². The molecule has 3 atom stereocenters. The number of pyridine rings is 1. The number of aromatic nitrogens is 1. The van der Waals surface area contributed by atoms with Gasteiger partial charge in [-0.2, -0.15) is 0 Å². The van der Waals surface area contributed by atoms with Gasteiger partial charge in [-0.25, -0.2) is 9.37 Å². The Morgan fingerprint density at radius 3 is 2.73 bits per heavy atom. The minimum Gasteiger partial charge on any atom is -0.507 e. The molecule has 0 saturated carbocycles. The number of allylic oxidation sites excluding steroid dienone is 1. The Morgan fingerprint density at radius 2 is 2.12 bits per heavy atom. The summed E-state index contributed by atoms with van der Waals surface area (Å²) in [5.41, 5.74) is 1.10. The number of amides is 2. The van der Waals surface area contributed by atoms with E-state index >= 15 is 4.39 Å². The molecule has 1 aliphatic rings. The van der Waals surface area contributed by atoms with Crippen molar-refractivity contribution in [3.8, 4) is 17.0 Å². The predicted molar refractivity (Wildman–Crippen MR) is 162 cm³/mol. The molecule has 0 radical (unpaired) electrons. The fourth-order valence-corrected chi connectivity index (χ4v) is 5.24. The van der Waals surface area contributed by atoms with Crippen molar-refractivity contribution in [2.24, 2.45) is 9.98 Å². The first-order chi connectivity index (χ1) is 19.7. The van der Waals surface area contributed by atoms with E-state index in [1.807, 2.05) is 31.7 Å².